The Morgan fingerprint density at radius 2 is 1.09 bits per heavy atom. The molecule has 0 radical (unpaired) electrons. The van der Waals surface area contributed by atoms with E-state index in [4.69, 9.17) is 9.47 Å². The van der Waals surface area contributed by atoms with Crippen molar-refractivity contribution in [2.24, 2.45) is 0 Å². The maximum atomic E-state index is 11.8. The van der Waals surface area contributed by atoms with Crippen molar-refractivity contribution < 1.29 is 19.1 Å². The van der Waals surface area contributed by atoms with Crippen LogP contribution >= 0.6 is 0 Å². The molecular formula is C18H16O4. The molecule has 0 amide bonds. The lowest BCUT2D eigenvalue weighted by Gasteiger charge is -2.14. The van der Waals surface area contributed by atoms with Crippen LogP contribution in [0.15, 0.2) is 24.3 Å². The van der Waals surface area contributed by atoms with Gasteiger partial charge < -0.3 is 9.47 Å². The number of ether oxygens (including phenoxy) is 2. The first-order chi connectivity index (χ1) is 10.7. The van der Waals surface area contributed by atoms with Gasteiger partial charge in [-0.2, -0.15) is 0 Å². The lowest BCUT2D eigenvalue weighted by atomic mass is 9.98. The summed E-state index contributed by atoms with van der Waals surface area (Å²) in [6.07, 6.45) is 4.14. The summed E-state index contributed by atoms with van der Waals surface area (Å²) in [5.74, 6) is 0.863. The van der Waals surface area contributed by atoms with E-state index in [9.17, 15) is 9.59 Å². The Labute approximate surface area is 128 Å². The van der Waals surface area contributed by atoms with E-state index in [0.717, 1.165) is 47.6 Å². The molecule has 0 N–H and O–H groups in total. The highest BCUT2D eigenvalue weighted by atomic mass is 16.5. The van der Waals surface area contributed by atoms with Crippen molar-refractivity contribution >= 4 is 22.7 Å². The van der Waals surface area contributed by atoms with Crippen molar-refractivity contribution in [3.8, 4) is 11.5 Å². The number of hydrogen-bond donors (Lipinski definition) is 0. The first-order valence-corrected chi connectivity index (χ1v) is 7.71. The molecule has 0 saturated carbocycles. The van der Waals surface area contributed by atoms with Crippen LogP contribution in [-0.2, 0) is 22.4 Å². The number of rotatable bonds is 0. The summed E-state index contributed by atoms with van der Waals surface area (Å²) >= 11 is 0. The predicted molar refractivity (Wildman–Crippen MR) is 81.1 cm³/mol. The third-order valence-electron chi connectivity index (χ3n) is 4.35. The van der Waals surface area contributed by atoms with Gasteiger partial charge in [-0.05, 0) is 36.8 Å². The van der Waals surface area contributed by atoms with Crippen molar-refractivity contribution in [3.63, 3.8) is 0 Å². The van der Waals surface area contributed by atoms with E-state index in [0.29, 0.717) is 24.3 Å². The molecule has 0 spiro atoms. The monoisotopic (exact) mass is 296 g/mol. The molecule has 4 rings (SSSR count). The second-order valence-electron chi connectivity index (χ2n) is 5.86. The summed E-state index contributed by atoms with van der Waals surface area (Å²) in [6, 6.07) is 7.92. The van der Waals surface area contributed by atoms with Crippen LogP contribution in [-0.4, -0.2) is 11.9 Å². The highest BCUT2D eigenvalue weighted by molar-refractivity contribution is 5.98. The van der Waals surface area contributed by atoms with Gasteiger partial charge in [0.2, 0.25) is 0 Å². The molecule has 4 nitrogen and oxygen atoms in total. The highest BCUT2D eigenvalue weighted by Crippen LogP contribution is 2.40. The fourth-order valence-electron chi connectivity index (χ4n) is 3.25. The van der Waals surface area contributed by atoms with Gasteiger partial charge in [0.15, 0.2) is 0 Å². The summed E-state index contributed by atoms with van der Waals surface area (Å²) in [6.45, 7) is 0. The molecule has 22 heavy (non-hydrogen) atoms. The molecule has 2 aliphatic rings. The molecule has 0 saturated heterocycles. The zero-order chi connectivity index (χ0) is 15.1. The zero-order valence-corrected chi connectivity index (χ0v) is 12.2. The molecule has 2 aromatic carbocycles. The Morgan fingerprint density at radius 3 is 1.55 bits per heavy atom. The Morgan fingerprint density at radius 1 is 0.636 bits per heavy atom. The van der Waals surface area contributed by atoms with E-state index in [2.05, 4.69) is 0 Å². The lowest BCUT2D eigenvalue weighted by molar-refractivity contribution is -0.135. The minimum atomic E-state index is -0.196. The van der Waals surface area contributed by atoms with Gasteiger partial charge in [0.05, 0.1) is 0 Å². The normalized spacial score (nSPS) is 17.8. The van der Waals surface area contributed by atoms with Gasteiger partial charge in [0, 0.05) is 23.6 Å². The van der Waals surface area contributed by atoms with Crippen molar-refractivity contribution in [1.82, 2.24) is 0 Å². The molecule has 0 aliphatic carbocycles. The Hall–Kier alpha value is -2.36. The van der Waals surface area contributed by atoms with E-state index >= 15 is 0 Å². The van der Waals surface area contributed by atoms with Crippen molar-refractivity contribution in [2.75, 3.05) is 0 Å². The molecule has 2 heterocycles. The number of aryl methyl sites for hydroxylation is 2. The molecule has 4 heteroatoms. The summed E-state index contributed by atoms with van der Waals surface area (Å²) < 4.78 is 11.1. The molecular weight excluding hydrogens is 280 g/mol. The van der Waals surface area contributed by atoms with Gasteiger partial charge in [-0.1, -0.05) is 24.3 Å². The number of carbonyl (C=O) groups excluding carboxylic acids is 2. The van der Waals surface area contributed by atoms with Crippen LogP contribution in [0.2, 0.25) is 0 Å². The zero-order valence-electron chi connectivity index (χ0n) is 12.2. The lowest BCUT2D eigenvalue weighted by Crippen LogP contribution is -2.07. The number of carbonyl (C=O) groups is 2. The largest absolute Gasteiger partial charge is 0.426 e. The van der Waals surface area contributed by atoms with Gasteiger partial charge in [-0.15, -0.1) is 0 Å². The van der Waals surface area contributed by atoms with Crippen LogP contribution in [0.3, 0.4) is 0 Å². The standard InChI is InChI=1S/C18H16O4/c19-15-5-1-3-11-7-9-14-13(17(11)21-15)10-8-12-4-2-6-16(20)22-18(12)14/h7-10H,1-6H2. The summed E-state index contributed by atoms with van der Waals surface area (Å²) in [4.78, 5) is 23.6. The molecule has 2 aromatic rings. The molecule has 0 fully saturated rings. The van der Waals surface area contributed by atoms with Gasteiger partial charge in [-0.25, -0.2) is 0 Å². The van der Waals surface area contributed by atoms with E-state index in [-0.39, 0.29) is 11.9 Å². The molecule has 2 aliphatic heterocycles. The molecule has 0 unspecified atom stereocenters. The average molecular weight is 296 g/mol. The van der Waals surface area contributed by atoms with Crippen molar-refractivity contribution in [1.29, 1.82) is 0 Å². The maximum Gasteiger partial charge on any atom is 0.311 e. The predicted octanol–water partition coefficient (Wildman–Crippen LogP) is 3.32. The quantitative estimate of drug-likeness (QED) is 0.553. The average Bonchev–Trinajstić information content (AvgIpc) is 2.81. The number of benzene rings is 2. The topological polar surface area (TPSA) is 52.6 Å². The van der Waals surface area contributed by atoms with Crippen molar-refractivity contribution in [3.05, 3.63) is 35.4 Å². The van der Waals surface area contributed by atoms with E-state index in [1.165, 1.54) is 0 Å². The minimum Gasteiger partial charge on any atom is -0.426 e. The third kappa shape index (κ3) is 2.15. The van der Waals surface area contributed by atoms with Crippen molar-refractivity contribution in [2.45, 2.75) is 38.5 Å². The van der Waals surface area contributed by atoms with Gasteiger partial charge in [-0.3, -0.25) is 9.59 Å². The fraction of sp³-hybridized carbons (Fsp3) is 0.333. The maximum absolute atomic E-state index is 11.8. The first-order valence-electron chi connectivity index (χ1n) is 7.71. The van der Waals surface area contributed by atoms with Gasteiger partial charge in [0.1, 0.15) is 11.5 Å². The molecule has 112 valence electrons. The smallest absolute Gasteiger partial charge is 0.311 e. The first kappa shape index (κ1) is 13.3. The summed E-state index contributed by atoms with van der Waals surface area (Å²) in [5, 5.41) is 1.70. The number of hydrogen-bond acceptors (Lipinski definition) is 4. The summed E-state index contributed by atoms with van der Waals surface area (Å²) in [7, 11) is 0. The Kier molecular flexibility index (Phi) is 3.10. The van der Waals surface area contributed by atoms with Gasteiger partial charge >= 0.3 is 11.9 Å². The number of esters is 2. The fourth-order valence-corrected chi connectivity index (χ4v) is 3.25. The molecule has 0 atom stereocenters. The van der Waals surface area contributed by atoms with E-state index < -0.39 is 0 Å². The Balaban J connectivity index is 1.95. The van der Waals surface area contributed by atoms with Crippen LogP contribution in [0.4, 0.5) is 0 Å². The van der Waals surface area contributed by atoms with Crippen LogP contribution in [0, 0.1) is 0 Å². The highest BCUT2D eigenvalue weighted by Gasteiger charge is 2.22. The third-order valence-corrected chi connectivity index (χ3v) is 4.35. The minimum absolute atomic E-state index is 0.196. The summed E-state index contributed by atoms with van der Waals surface area (Å²) in [5.41, 5.74) is 2.08. The van der Waals surface area contributed by atoms with Crippen LogP contribution in [0.5, 0.6) is 11.5 Å². The second kappa shape index (κ2) is 5.13. The SMILES string of the molecule is O=C1CCCc2ccc3c4c(ccc3c2O1)CCCC(=O)O4. The van der Waals surface area contributed by atoms with E-state index in [1.54, 1.807) is 0 Å². The van der Waals surface area contributed by atoms with Crippen LogP contribution < -0.4 is 9.47 Å². The van der Waals surface area contributed by atoms with Crippen LogP contribution in [0.25, 0.3) is 10.8 Å². The second-order valence-corrected chi connectivity index (χ2v) is 5.86. The van der Waals surface area contributed by atoms with Crippen LogP contribution in [0.1, 0.15) is 36.8 Å². The molecule has 0 bridgehead atoms. The van der Waals surface area contributed by atoms with Gasteiger partial charge in [0.25, 0.3) is 0 Å². The Bertz CT molecular complexity index is 724. The number of fused-ring (bicyclic) bond motifs is 5. The van der Waals surface area contributed by atoms with E-state index in [1.807, 2.05) is 24.3 Å². The molecule has 0 aromatic heterocycles.